The van der Waals surface area contributed by atoms with Crippen LogP contribution < -0.4 is 10.2 Å². The van der Waals surface area contributed by atoms with Gasteiger partial charge >= 0.3 is 6.18 Å². The monoisotopic (exact) mass is 430 g/mol. The summed E-state index contributed by atoms with van der Waals surface area (Å²) in [7, 11) is 0. The Balaban J connectivity index is 1.41. The molecule has 0 atom stereocenters. The van der Waals surface area contributed by atoms with E-state index >= 15 is 0 Å². The number of nitrogens with one attached hydrogen (secondary N) is 1. The summed E-state index contributed by atoms with van der Waals surface area (Å²) < 4.78 is 39.8. The number of benzene rings is 1. The number of halogens is 3. The van der Waals surface area contributed by atoms with Crippen LogP contribution in [0.15, 0.2) is 53.7 Å². The molecule has 0 unspecified atom stereocenters. The topological polar surface area (TPSA) is 65.5 Å². The average molecular weight is 430 g/mol. The van der Waals surface area contributed by atoms with E-state index in [0.29, 0.717) is 44.1 Å². The fraction of sp³-hybridized carbons (Fsp3) is 0.318. The number of alkyl halides is 3. The van der Waals surface area contributed by atoms with Crippen molar-refractivity contribution in [1.82, 2.24) is 15.2 Å². The second-order valence-electron chi connectivity index (χ2n) is 7.53. The molecule has 0 saturated heterocycles. The van der Waals surface area contributed by atoms with Crippen LogP contribution in [0.2, 0.25) is 0 Å². The third kappa shape index (κ3) is 4.12. The van der Waals surface area contributed by atoms with Crippen LogP contribution in [-0.2, 0) is 6.18 Å². The molecular weight excluding hydrogens is 409 g/mol. The fourth-order valence-corrected chi connectivity index (χ4v) is 3.94. The van der Waals surface area contributed by atoms with Crippen molar-refractivity contribution in [2.75, 3.05) is 37.6 Å². The number of amides is 2. The Labute approximate surface area is 177 Å². The highest BCUT2D eigenvalue weighted by Crippen LogP contribution is 2.34. The van der Waals surface area contributed by atoms with Crippen LogP contribution in [0.4, 0.5) is 19.0 Å². The van der Waals surface area contributed by atoms with Crippen molar-refractivity contribution in [2.45, 2.75) is 13.1 Å². The van der Waals surface area contributed by atoms with E-state index in [1.54, 1.807) is 12.1 Å². The third-order valence-electron chi connectivity index (χ3n) is 5.45. The minimum Gasteiger partial charge on any atom is -0.352 e. The van der Waals surface area contributed by atoms with Gasteiger partial charge < -0.3 is 15.1 Å². The molecule has 0 bridgehead atoms. The first-order chi connectivity index (χ1) is 14.8. The maximum atomic E-state index is 13.3. The third-order valence-corrected chi connectivity index (χ3v) is 5.45. The minimum absolute atomic E-state index is 0.183. The van der Waals surface area contributed by atoms with Gasteiger partial charge in [-0.1, -0.05) is 12.1 Å². The number of rotatable bonds is 4. The molecule has 162 valence electrons. The van der Waals surface area contributed by atoms with Gasteiger partial charge in [-0.05, 0) is 42.3 Å². The smallest absolute Gasteiger partial charge is 0.352 e. The summed E-state index contributed by atoms with van der Waals surface area (Å²) in [5.41, 5.74) is 1.28. The first kappa shape index (κ1) is 20.9. The first-order valence-electron chi connectivity index (χ1n) is 9.92. The molecule has 0 spiro atoms. The van der Waals surface area contributed by atoms with E-state index in [2.05, 4.69) is 10.3 Å². The van der Waals surface area contributed by atoms with Gasteiger partial charge in [-0.25, -0.2) is 4.98 Å². The van der Waals surface area contributed by atoms with Gasteiger partial charge in [0, 0.05) is 38.9 Å². The van der Waals surface area contributed by atoms with Crippen LogP contribution in [0.3, 0.4) is 0 Å². The van der Waals surface area contributed by atoms with Crippen molar-refractivity contribution in [3.05, 3.63) is 70.4 Å². The molecule has 1 aromatic carbocycles. The molecule has 9 heteroatoms. The van der Waals surface area contributed by atoms with Gasteiger partial charge in [0.25, 0.3) is 11.8 Å². The number of anilines is 1. The lowest BCUT2D eigenvalue weighted by Gasteiger charge is -2.24. The minimum atomic E-state index is -4.58. The second kappa shape index (κ2) is 8.05. The number of pyridine rings is 1. The van der Waals surface area contributed by atoms with Crippen LogP contribution in [0, 0.1) is 0 Å². The first-order valence-corrected chi connectivity index (χ1v) is 9.92. The average Bonchev–Trinajstić information content (AvgIpc) is 3.32. The van der Waals surface area contributed by atoms with Crippen LogP contribution in [-0.4, -0.2) is 54.4 Å². The predicted molar refractivity (Wildman–Crippen MR) is 109 cm³/mol. The summed E-state index contributed by atoms with van der Waals surface area (Å²) in [6.07, 6.45) is -3.06. The summed E-state index contributed by atoms with van der Waals surface area (Å²) in [6, 6.07) is 8.36. The van der Waals surface area contributed by atoms with Gasteiger partial charge in [0.05, 0.1) is 16.7 Å². The molecular formula is C22H21F3N4O2. The number of nitrogens with zero attached hydrogens (tertiary/aromatic N) is 3. The molecule has 6 nitrogen and oxygen atoms in total. The van der Waals surface area contributed by atoms with E-state index in [-0.39, 0.29) is 11.5 Å². The van der Waals surface area contributed by atoms with Gasteiger partial charge in [-0.2, -0.15) is 13.2 Å². The van der Waals surface area contributed by atoms with Gasteiger partial charge in [-0.3, -0.25) is 9.59 Å². The van der Waals surface area contributed by atoms with E-state index < -0.39 is 17.6 Å². The molecule has 2 amide bonds. The molecule has 31 heavy (non-hydrogen) atoms. The lowest BCUT2D eigenvalue weighted by molar-refractivity contribution is -0.138. The normalized spacial score (nSPS) is 16.0. The molecule has 1 aromatic heterocycles. The summed E-state index contributed by atoms with van der Waals surface area (Å²) in [4.78, 5) is 32.5. The summed E-state index contributed by atoms with van der Waals surface area (Å²) in [5, 5.41) is 2.72. The van der Waals surface area contributed by atoms with Crippen molar-refractivity contribution < 1.29 is 22.8 Å². The van der Waals surface area contributed by atoms with E-state index in [9.17, 15) is 22.8 Å². The molecule has 1 N–H and O–H groups in total. The lowest BCUT2D eigenvalue weighted by Crippen LogP contribution is -2.35. The lowest BCUT2D eigenvalue weighted by atomic mass is 10.1. The molecule has 2 aromatic rings. The van der Waals surface area contributed by atoms with Gasteiger partial charge in [0.2, 0.25) is 0 Å². The SMILES string of the molecule is CCNC(=O)c1ccc(N2CC3=C(CN(C(=O)c4ccccc4C(F)(F)F)C3)C2)nc1. The quantitative estimate of drug-likeness (QED) is 0.757. The maximum absolute atomic E-state index is 13.3. The van der Waals surface area contributed by atoms with Crippen LogP contribution in [0.1, 0.15) is 33.2 Å². The zero-order valence-electron chi connectivity index (χ0n) is 16.9. The standard InChI is InChI=1S/C22H21F3N4O2/c1-2-26-20(30)14-7-8-19(27-9-14)28-10-15-12-29(13-16(15)11-28)21(31)17-5-3-4-6-18(17)22(23,24)25/h3-9H,2,10-13H2,1H3,(H,26,30). The number of aromatic nitrogens is 1. The van der Waals surface area contributed by atoms with Crippen LogP contribution in [0.25, 0.3) is 0 Å². The maximum Gasteiger partial charge on any atom is 0.417 e. The summed E-state index contributed by atoms with van der Waals surface area (Å²) in [6.45, 7) is 4.07. The van der Waals surface area contributed by atoms with E-state index in [4.69, 9.17) is 0 Å². The highest BCUT2D eigenvalue weighted by Gasteiger charge is 2.38. The van der Waals surface area contributed by atoms with E-state index in [1.165, 1.54) is 29.3 Å². The van der Waals surface area contributed by atoms with Crippen molar-refractivity contribution in [1.29, 1.82) is 0 Å². The molecule has 0 saturated carbocycles. The number of hydrogen-bond donors (Lipinski definition) is 1. The molecule has 3 heterocycles. The zero-order chi connectivity index (χ0) is 22.2. The van der Waals surface area contributed by atoms with Crippen molar-refractivity contribution >= 4 is 17.6 Å². The molecule has 0 aliphatic carbocycles. The Hall–Kier alpha value is -3.36. The predicted octanol–water partition coefficient (Wildman–Crippen LogP) is 3.12. The summed E-state index contributed by atoms with van der Waals surface area (Å²) >= 11 is 0. The van der Waals surface area contributed by atoms with Gasteiger partial charge in [-0.15, -0.1) is 0 Å². The molecule has 0 fully saturated rings. The van der Waals surface area contributed by atoms with Gasteiger partial charge in [0.1, 0.15) is 5.82 Å². The largest absolute Gasteiger partial charge is 0.417 e. The van der Waals surface area contributed by atoms with Gasteiger partial charge in [0.15, 0.2) is 0 Å². The molecule has 2 aliphatic rings. The van der Waals surface area contributed by atoms with Crippen LogP contribution >= 0.6 is 0 Å². The van der Waals surface area contributed by atoms with E-state index in [0.717, 1.165) is 17.2 Å². The fourth-order valence-electron chi connectivity index (χ4n) is 3.94. The van der Waals surface area contributed by atoms with E-state index in [1.807, 2.05) is 11.8 Å². The Morgan fingerprint density at radius 3 is 2.29 bits per heavy atom. The Bertz CT molecular complexity index is 1030. The second-order valence-corrected chi connectivity index (χ2v) is 7.53. The van der Waals surface area contributed by atoms with Crippen molar-refractivity contribution in [3.8, 4) is 0 Å². The highest BCUT2D eigenvalue weighted by molar-refractivity contribution is 5.96. The Morgan fingerprint density at radius 2 is 1.71 bits per heavy atom. The molecule has 2 aliphatic heterocycles. The Morgan fingerprint density at radius 1 is 1.03 bits per heavy atom. The van der Waals surface area contributed by atoms with Crippen LogP contribution in [0.5, 0.6) is 0 Å². The highest BCUT2D eigenvalue weighted by atomic mass is 19.4. The summed E-state index contributed by atoms with van der Waals surface area (Å²) in [5.74, 6) is -0.0853. The number of carbonyl (C=O) groups excluding carboxylic acids is 2. The number of hydrogen-bond acceptors (Lipinski definition) is 4. The van der Waals surface area contributed by atoms with Crippen molar-refractivity contribution in [2.24, 2.45) is 0 Å². The Kier molecular flexibility index (Phi) is 5.43. The molecule has 4 rings (SSSR count). The number of carbonyl (C=O) groups is 2. The zero-order valence-corrected chi connectivity index (χ0v) is 16.9. The van der Waals surface area contributed by atoms with Crippen molar-refractivity contribution in [3.63, 3.8) is 0 Å². The molecule has 0 radical (unpaired) electrons.